The number of fused-ring (bicyclic) bond motifs is 1. The Morgan fingerprint density at radius 2 is 1.96 bits per heavy atom. The molecule has 0 unspecified atom stereocenters. The minimum atomic E-state index is -4.52. The number of aromatic nitrogens is 3. The van der Waals surface area contributed by atoms with E-state index >= 15 is 0 Å². The second-order valence-corrected chi connectivity index (χ2v) is 6.18. The van der Waals surface area contributed by atoms with Gasteiger partial charge < -0.3 is 5.32 Å². The molecule has 26 heavy (non-hydrogen) atoms. The summed E-state index contributed by atoms with van der Waals surface area (Å²) in [6.07, 6.45) is -3.29. The molecule has 0 saturated carbocycles. The van der Waals surface area contributed by atoms with Crippen LogP contribution in [0.15, 0.2) is 36.5 Å². The van der Waals surface area contributed by atoms with Crippen molar-refractivity contribution in [1.29, 1.82) is 0 Å². The van der Waals surface area contributed by atoms with E-state index in [4.69, 9.17) is 0 Å². The number of carbonyl (C=O) groups excluding carboxylic acids is 1. The van der Waals surface area contributed by atoms with Gasteiger partial charge in [-0.3, -0.25) is 4.79 Å². The number of amides is 1. The molecule has 5 nitrogen and oxygen atoms in total. The van der Waals surface area contributed by atoms with Crippen LogP contribution in [0.25, 0.3) is 16.9 Å². The third kappa shape index (κ3) is 3.40. The number of aryl methyl sites for hydroxylation is 2. The monoisotopic (exact) mass is 362 g/mol. The van der Waals surface area contributed by atoms with Crippen molar-refractivity contribution in [3.63, 3.8) is 0 Å². The minimum Gasteiger partial charge on any atom is -0.340 e. The van der Waals surface area contributed by atoms with Gasteiger partial charge in [0, 0.05) is 11.3 Å². The lowest BCUT2D eigenvalue weighted by Crippen LogP contribution is -2.43. The number of hydrogen-bond acceptors (Lipinski definition) is 3. The van der Waals surface area contributed by atoms with Gasteiger partial charge in [-0.05, 0) is 32.9 Å². The summed E-state index contributed by atoms with van der Waals surface area (Å²) >= 11 is 0. The Morgan fingerprint density at radius 1 is 1.23 bits per heavy atom. The molecular weight excluding hydrogens is 345 g/mol. The maximum atomic E-state index is 12.7. The van der Waals surface area contributed by atoms with Gasteiger partial charge in [0.05, 0.1) is 11.9 Å². The Balaban J connectivity index is 2.04. The third-order valence-electron chi connectivity index (χ3n) is 4.05. The second-order valence-electron chi connectivity index (χ2n) is 6.18. The van der Waals surface area contributed by atoms with E-state index in [9.17, 15) is 18.0 Å². The zero-order chi connectivity index (χ0) is 19.1. The van der Waals surface area contributed by atoms with E-state index in [1.54, 1.807) is 6.92 Å². The number of nitrogens with one attached hydrogen (secondary N) is 1. The molecule has 0 fully saturated rings. The first-order chi connectivity index (χ1) is 12.2. The van der Waals surface area contributed by atoms with Crippen LogP contribution in [0.4, 0.5) is 13.2 Å². The lowest BCUT2D eigenvalue weighted by molar-refractivity contribution is -0.149. The maximum Gasteiger partial charge on any atom is 0.408 e. The van der Waals surface area contributed by atoms with E-state index in [1.807, 2.05) is 42.6 Å². The van der Waals surface area contributed by atoms with Gasteiger partial charge in [0.15, 0.2) is 5.65 Å². The van der Waals surface area contributed by atoms with Gasteiger partial charge in [0.25, 0.3) is 5.91 Å². The fourth-order valence-electron chi connectivity index (χ4n) is 2.58. The van der Waals surface area contributed by atoms with Crippen molar-refractivity contribution >= 4 is 11.6 Å². The Bertz CT molecular complexity index is 978. The number of rotatable bonds is 3. The Morgan fingerprint density at radius 3 is 2.62 bits per heavy atom. The fourth-order valence-corrected chi connectivity index (χ4v) is 2.58. The van der Waals surface area contributed by atoms with E-state index in [0.29, 0.717) is 5.69 Å². The molecule has 0 aliphatic heterocycles. The third-order valence-corrected chi connectivity index (χ3v) is 4.05. The van der Waals surface area contributed by atoms with Gasteiger partial charge in [-0.15, -0.1) is 0 Å². The first-order valence-electron chi connectivity index (χ1n) is 7.97. The molecule has 1 atom stereocenters. The highest BCUT2D eigenvalue weighted by atomic mass is 19.4. The molecule has 3 aromatic rings. The van der Waals surface area contributed by atoms with Crippen LogP contribution in [0.5, 0.6) is 0 Å². The van der Waals surface area contributed by atoms with E-state index < -0.39 is 18.1 Å². The van der Waals surface area contributed by atoms with Crippen LogP contribution in [-0.4, -0.2) is 32.7 Å². The van der Waals surface area contributed by atoms with Crippen LogP contribution in [0, 0.1) is 13.8 Å². The van der Waals surface area contributed by atoms with Crippen molar-refractivity contribution in [3.8, 4) is 11.3 Å². The van der Waals surface area contributed by atoms with Gasteiger partial charge in [0.2, 0.25) is 0 Å². The summed E-state index contributed by atoms with van der Waals surface area (Å²) in [6, 6.07) is 7.51. The molecule has 136 valence electrons. The molecule has 0 radical (unpaired) electrons. The van der Waals surface area contributed by atoms with Crippen molar-refractivity contribution in [2.45, 2.75) is 33.0 Å². The smallest absolute Gasteiger partial charge is 0.340 e. The number of nitrogens with zero attached hydrogens (tertiary/aromatic N) is 3. The molecule has 1 N–H and O–H groups in total. The number of carbonyl (C=O) groups is 1. The standard InChI is InChI=1S/C18H17F3N4O/c1-10-5-4-6-13(7-10)15-8-11(2)25-16(24-15)14(9-22-25)17(26)23-12(3)18(19,20)21/h4-9,12H,1-3H3,(H,23,26)/t12-/m1/s1. The molecule has 2 heterocycles. The molecule has 0 saturated heterocycles. The van der Waals surface area contributed by atoms with Crippen molar-refractivity contribution in [3.05, 3.63) is 53.3 Å². The molecular formula is C18H17F3N4O. The highest BCUT2D eigenvalue weighted by Crippen LogP contribution is 2.23. The highest BCUT2D eigenvalue weighted by molar-refractivity contribution is 6.00. The number of alkyl halides is 3. The summed E-state index contributed by atoms with van der Waals surface area (Å²) in [7, 11) is 0. The van der Waals surface area contributed by atoms with Crippen LogP contribution in [0.1, 0.15) is 28.5 Å². The first-order valence-corrected chi connectivity index (χ1v) is 7.97. The number of hydrogen-bond donors (Lipinski definition) is 1. The van der Waals surface area contributed by atoms with Crippen molar-refractivity contribution in [2.75, 3.05) is 0 Å². The molecule has 0 bridgehead atoms. The van der Waals surface area contributed by atoms with Crippen LogP contribution in [-0.2, 0) is 0 Å². The van der Waals surface area contributed by atoms with Gasteiger partial charge in [-0.25, -0.2) is 9.50 Å². The molecule has 1 amide bonds. The van der Waals surface area contributed by atoms with Gasteiger partial charge in [-0.1, -0.05) is 23.8 Å². The average molecular weight is 362 g/mol. The average Bonchev–Trinajstić information content (AvgIpc) is 2.98. The second kappa shape index (κ2) is 6.44. The van der Waals surface area contributed by atoms with Crippen molar-refractivity contribution < 1.29 is 18.0 Å². The predicted molar refractivity (Wildman–Crippen MR) is 90.9 cm³/mol. The molecule has 8 heteroatoms. The van der Waals surface area contributed by atoms with Crippen LogP contribution in [0.3, 0.4) is 0 Å². The van der Waals surface area contributed by atoms with Crippen molar-refractivity contribution in [1.82, 2.24) is 19.9 Å². The Hall–Kier alpha value is -2.90. The number of benzene rings is 1. The summed E-state index contributed by atoms with van der Waals surface area (Å²) in [5.74, 6) is -0.863. The number of halogens is 3. The van der Waals surface area contributed by atoms with Gasteiger partial charge in [0.1, 0.15) is 11.6 Å². The molecule has 3 rings (SSSR count). The molecule has 1 aromatic carbocycles. The SMILES string of the molecule is Cc1cccc(-c2cc(C)n3ncc(C(=O)N[C@H](C)C(F)(F)F)c3n2)c1. The lowest BCUT2D eigenvalue weighted by atomic mass is 10.1. The Labute approximate surface area is 147 Å². The quantitative estimate of drug-likeness (QED) is 0.773. The summed E-state index contributed by atoms with van der Waals surface area (Å²) in [6.45, 7) is 4.63. The first kappa shape index (κ1) is 17.9. The van der Waals surface area contributed by atoms with E-state index in [0.717, 1.165) is 23.7 Å². The normalized spacial score (nSPS) is 13.0. The van der Waals surface area contributed by atoms with Gasteiger partial charge in [-0.2, -0.15) is 18.3 Å². The summed E-state index contributed by atoms with van der Waals surface area (Å²) in [5.41, 5.74) is 3.46. The van der Waals surface area contributed by atoms with Crippen LogP contribution < -0.4 is 5.32 Å². The molecule has 2 aromatic heterocycles. The molecule has 0 spiro atoms. The van der Waals surface area contributed by atoms with Gasteiger partial charge >= 0.3 is 6.18 Å². The van der Waals surface area contributed by atoms with Crippen LogP contribution in [0.2, 0.25) is 0 Å². The van der Waals surface area contributed by atoms with E-state index in [-0.39, 0.29) is 11.2 Å². The van der Waals surface area contributed by atoms with E-state index in [2.05, 4.69) is 10.1 Å². The Kier molecular flexibility index (Phi) is 4.43. The zero-order valence-corrected chi connectivity index (χ0v) is 14.4. The minimum absolute atomic E-state index is 0.00120. The lowest BCUT2D eigenvalue weighted by Gasteiger charge is -2.16. The largest absolute Gasteiger partial charge is 0.408 e. The van der Waals surface area contributed by atoms with Crippen molar-refractivity contribution in [2.24, 2.45) is 0 Å². The summed E-state index contributed by atoms with van der Waals surface area (Å²) in [4.78, 5) is 16.7. The maximum absolute atomic E-state index is 12.7. The molecule has 0 aliphatic rings. The molecule has 0 aliphatic carbocycles. The highest BCUT2D eigenvalue weighted by Gasteiger charge is 2.37. The predicted octanol–water partition coefficient (Wildman–Crippen LogP) is 3.69. The van der Waals surface area contributed by atoms with Crippen LogP contribution >= 0.6 is 0 Å². The fraction of sp³-hybridized carbons (Fsp3) is 0.278. The topological polar surface area (TPSA) is 59.3 Å². The summed E-state index contributed by atoms with van der Waals surface area (Å²) in [5, 5.41) is 6.02. The summed E-state index contributed by atoms with van der Waals surface area (Å²) < 4.78 is 39.5. The van der Waals surface area contributed by atoms with E-state index in [1.165, 1.54) is 10.7 Å². The zero-order valence-electron chi connectivity index (χ0n) is 14.4.